The maximum atomic E-state index is 11.2. The van der Waals surface area contributed by atoms with Crippen LogP contribution >= 0.6 is 0 Å². The van der Waals surface area contributed by atoms with Crippen molar-refractivity contribution in [1.29, 1.82) is 0 Å². The topological polar surface area (TPSA) is 190 Å². The highest BCUT2D eigenvalue weighted by molar-refractivity contribution is 5.88. The van der Waals surface area contributed by atoms with E-state index in [1.165, 1.54) is 15.6 Å². The van der Waals surface area contributed by atoms with E-state index in [1.54, 1.807) is 31.7 Å². The average molecular weight is 741 g/mol. The van der Waals surface area contributed by atoms with E-state index in [4.69, 9.17) is 19.4 Å². The van der Waals surface area contributed by atoms with E-state index in [0.29, 0.717) is 42.1 Å². The first-order valence-electron chi connectivity index (χ1n) is 14.8. The summed E-state index contributed by atoms with van der Waals surface area (Å²) in [5.41, 5.74) is 1.96. The lowest BCUT2D eigenvalue weighted by Crippen LogP contribution is -3.00. The zero-order chi connectivity index (χ0) is 30.8. The summed E-state index contributed by atoms with van der Waals surface area (Å²) in [6.45, 7) is 2.91. The number of imidazole rings is 1. The molecule has 0 aromatic carbocycles. The number of tetrazole rings is 1. The van der Waals surface area contributed by atoms with Crippen LogP contribution in [0.2, 0.25) is 0 Å². The molecule has 1 saturated carbocycles. The van der Waals surface area contributed by atoms with Crippen LogP contribution in [0.4, 0.5) is 17.7 Å². The quantitative estimate of drug-likeness (QED) is 0.115. The third kappa shape index (κ3) is 6.81. The Balaban J connectivity index is 0.00000372. The van der Waals surface area contributed by atoms with E-state index >= 15 is 0 Å². The van der Waals surface area contributed by atoms with E-state index in [2.05, 4.69) is 40.6 Å². The molecule has 0 atom stereocenters. The Morgan fingerprint density at radius 1 is 1.07 bits per heavy atom. The van der Waals surface area contributed by atoms with Crippen LogP contribution in [0.15, 0.2) is 43.0 Å². The monoisotopic (exact) mass is 740 g/mol. The van der Waals surface area contributed by atoms with Gasteiger partial charge in [0.15, 0.2) is 0 Å². The summed E-state index contributed by atoms with van der Waals surface area (Å²) in [5.74, 6) is 2.06. The highest BCUT2D eigenvalue weighted by Crippen LogP contribution is 2.33. The number of fused-ring (bicyclic) bond motifs is 1. The lowest BCUT2D eigenvalue weighted by atomic mass is 9.93. The second-order valence-electron chi connectivity index (χ2n) is 11.0. The number of hydrogen-bond donors (Lipinski definition) is 1. The van der Waals surface area contributed by atoms with Crippen LogP contribution in [0.5, 0.6) is 5.88 Å². The number of rotatable bonds is 9. The number of ether oxygens (including phenoxy) is 2. The maximum absolute atomic E-state index is 11.2. The van der Waals surface area contributed by atoms with Crippen molar-refractivity contribution in [3.8, 4) is 17.3 Å². The Morgan fingerprint density at radius 3 is 2.59 bits per heavy atom. The molecule has 6 heterocycles. The largest absolute Gasteiger partial charge is 1.00 e. The van der Waals surface area contributed by atoms with E-state index in [-0.39, 0.29) is 48.6 Å². The fraction of sp³-hybridized carbons (Fsp3) is 0.429. The van der Waals surface area contributed by atoms with Gasteiger partial charge < -0.3 is 53.8 Å². The molecule has 5 aromatic rings. The molecule has 0 radical (unpaired) electrons. The van der Waals surface area contributed by atoms with Crippen LogP contribution in [0.25, 0.3) is 22.3 Å². The van der Waals surface area contributed by atoms with Gasteiger partial charge in [0.2, 0.25) is 17.7 Å². The summed E-state index contributed by atoms with van der Waals surface area (Å²) in [7, 11) is 1.58. The number of nitro groups is 1. The Kier molecular flexibility index (Phi) is 9.43. The number of aromatic nitrogens is 10. The smallest absolute Gasteiger partial charge is 0.434 e. The molecule has 2 aliphatic rings. The Bertz CT molecular complexity index is 1800. The molecular weight excluding hydrogens is 709 g/mol. The molecule has 7 rings (SSSR count). The van der Waals surface area contributed by atoms with Gasteiger partial charge in [0.1, 0.15) is 30.4 Å². The summed E-state index contributed by atoms with van der Waals surface area (Å²) in [5, 5.41) is 28.2. The van der Waals surface area contributed by atoms with Gasteiger partial charge in [-0.05, 0) is 48.0 Å². The van der Waals surface area contributed by atoms with Gasteiger partial charge in [-0.1, -0.05) is 4.98 Å². The van der Waals surface area contributed by atoms with Crippen LogP contribution in [0.3, 0.4) is 0 Å². The van der Waals surface area contributed by atoms with Crippen LogP contribution < -0.4 is 38.9 Å². The fourth-order valence-corrected chi connectivity index (χ4v) is 5.61. The number of nitrogens with zero attached hydrogens (tertiary/aromatic N) is 12. The number of pyridine rings is 2. The van der Waals surface area contributed by atoms with Crippen molar-refractivity contribution < 1.29 is 38.4 Å². The standard InChI is InChI=1S/C28H31N13O4.HI/c1-38-20(16-32-28(38)41(42)43)17-40-36-25(35-37-40)18-13-22-23(31-15-18)14-24(39-9-11-44-12-10-39)34-26(22)45-21-5-3-19(4-6-21)33-27-29-7-2-8-30-27;/h2,7-8,13-16,19,21H,3-6,9-12,17H2,1H3,(H,29,30,33);1H/p-1. The third-order valence-electron chi connectivity index (χ3n) is 8.06. The molecule has 18 heteroatoms. The van der Waals surface area contributed by atoms with E-state index in [1.807, 2.05) is 12.1 Å². The van der Waals surface area contributed by atoms with Gasteiger partial charge in [-0.25, -0.2) is 14.5 Å². The molecule has 1 aliphatic heterocycles. The van der Waals surface area contributed by atoms with Gasteiger partial charge in [0.05, 0.1) is 31.2 Å². The van der Waals surface area contributed by atoms with Crippen LogP contribution in [-0.2, 0) is 18.3 Å². The molecular formula is C28H31IN13O4-. The van der Waals surface area contributed by atoms with Crippen molar-refractivity contribution in [3.05, 3.63) is 58.8 Å². The summed E-state index contributed by atoms with van der Waals surface area (Å²) >= 11 is 0. The molecule has 240 valence electrons. The lowest BCUT2D eigenvalue weighted by Gasteiger charge is -2.31. The predicted octanol–water partition coefficient (Wildman–Crippen LogP) is -0.594. The second kappa shape index (κ2) is 13.8. The van der Waals surface area contributed by atoms with Gasteiger partial charge >= 0.3 is 5.95 Å². The maximum Gasteiger partial charge on any atom is 0.434 e. The SMILES string of the molecule is Cn1c(Cn2nnc(-c3cnc4cc(N5CCOCC5)nc(OC5CCC(Nc6ncccn6)CC5)c4c3)n2)cnc1[N+](=O)[O-].[I-]. The van der Waals surface area contributed by atoms with Crippen LogP contribution in [0, 0.1) is 10.1 Å². The van der Waals surface area contributed by atoms with E-state index < -0.39 is 4.92 Å². The van der Waals surface area contributed by atoms with Crippen molar-refractivity contribution in [3.63, 3.8) is 0 Å². The number of morpholine rings is 1. The summed E-state index contributed by atoms with van der Waals surface area (Å²) in [6.07, 6.45) is 10.1. The molecule has 0 unspecified atom stereocenters. The van der Waals surface area contributed by atoms with Crippen molar-refractivity contribution in [2.45, 2.75) is 44.4 Å². The minimum Gasteiger partial charge on any atom is -1.00 e. The normalized spacial score (nSPS) is 18.2. The van der Waals surface area contributed by atoms with Crippen molar-refractivity contribution >= 4 is 28.6 Å². The molecule has 0 amide bonds. The van der Waals surface area contributed by atoms with Crippen molar-refractivity contribution in [1.82, 2.24) is 49.7 Å². The van der Waals surface area contributed by atoms with Gasteiger partial charge in [0, 0.05) is 49.4 Å². The number of anilines is 2. The van der Waals surface area contributed by atoms with E-state index in [0.717, 1.165) is 55.5 Å². The number of nitrogens with one attached hydrogen (secondary N) is 1. The first-order valence-corrected chi connectivity index (χ1v) is 14.8. The zero-order valence-corrected chi connectivity index (χ0v) is 27.1. The molecule has 46 heavy (non-hydrogen) atoms. The molecule has 5 aromatic heterocycles. The molecule has 0 spiro atoms. The molecule has 0 bridgehead atoms. The summed E-state index contributed by atoms with van der Waals surface area (Å²) in [4.78, 5) is 36.3. The molecule has 17 nitrogen and oxygen atoms in total. The minimum atomic E-state index is -0.537. The van der Waals surface area contributed by atoms with Crippen molar-refractivity contribution in [2.75, 3.05) is 36.5 Å². The Hall–Kier alpha value is -4.59. The summed E-state index contributed by atoms with van der Waals surface area (Å²) < 4.78 is 13.6. The number of halogens is 1. The molecule has 1 saturated heterocycles. The van der Waals surface area contributed by atoms with Crippen LogP contribution in [-0.4, -0.2) is 93.1 Å². The molecule has 1 aliphatic carbocycles. The highest BCUT2D eigenvalue weighted by atomic mass is 127. The first kappa shape index (κ1) is 31.4. The lowest BCUT2D eigenvalue weighted by molar-refractivity contribution is -0.396. The van der Waals surface area contributed by atoms with Gasteiger partial charge in [-0.15, -0.1) is 10.2 Å². The fourth-order valence-electron chi connectivity index (χ4n) is 5.61. The first-order chi connectivity index (χ1) is 22.0. The van der Waals surface area contributed by atoms with Gasteiger partial charge in [-0.2, -0.15) is 9.78 Å². The highest BCUT2D eigenvalue weighted by Gasteiger charge is 2.26. The Morgan fingerprint density at radius 2 is 1.85 bits per heavy atom. The second-order valence-corrected chi connectivity index (χ2v) is 11.0. The van der Waals surface area contributed by atoms with Gasteiger partial charge in [-0.3, -0.25) is 4.98 Å². The minimum absolute atomic E-state index is 0. The molecule has 2 fully saturated rings. The third-order valence-corrected chi connectivity index (χ3v) is 8.06. The Labute approximate surface area is 279 Å². The number of hydrogen-bond acceptors (Lipinski definition) is 14. The predicted molar refractivity (Wildman–Crippen MR) is 161 cm³/mol. The molecule has 1 N–H and O–H groups in total. The van der Waals surface area contributed by atoms with E-state index in [9.17, 15) is 10.1 Å². The van der Waals surface area contributed by atoms with Gasteiger partial charge in [0.25, 0.3) is 0 Å². The summed E-state index contributed by atoms with van der Waals surface area (Å²) in [6, 6.07) is 5.97. The van der Waals surface area contributed by atoms with Crippen molar-refractivity contribution in [2.24, 2.45) is 7.05 Å². The zero-order valence-electron chi connectivity index (χ0n) is 24.9. The van der Waals surface area contributed by atoms with Crippen LogP contribution in [0.1, 0.15) is 31.4 Å². The average Bonchev–Trinajstić information content (AvgIpc) is 3.69.